The summed E-state index contributed by atoms with van der Waals surface area (Å²) in [4.78, 5) is 35.7. The molecule has 2 aromatic rings. The van der Waals surface area contributed by atoms with Crippen LogP contribution in [0.2, 0.25) is 5.02 Å². The number of carbonyl (C=O) groups excluding carboxylic acids is 3. The Labute approximate surface area is 155 Å². The number of hydrogen-bond donors (Lipinski definition) is 1. The number of esters is 1. The summed E-state index contributed by atoms with van der Waals surface area (Å²) in [6, 6.07) is 12.0. The van der Waals surface area contributed by atoms with Crippen LogP contribution in [0.3, 0.4) is 0 Å². The fourth-order valence-electron chi connectivity index (χ4n) is 2.63. The number of anilines is 1. The molecule has 1 N–H and O–H groups in total. The molecule has 0 spiro atoms. The number of fused-ring (bicyclic) bond motifs is 1. The lowest BCUT2D eigenvalue weighted by atomic mass is 9.99. The van der Waals surface area contributed by atoms with Crippen molar-refractivity contribution in [3.05, 3.63) is 70.3 Å². The molecule has 1 aliphatic rings. The van der Waals surface area contributed by atoms with Gasteiger partial charge < -0.3 is 10.1 Å². The average Bonchev–Trinajstić information content (AvgIpc) is 2.91. The molecule has 0 aliphatic carbocycles. The van der Waals surface area contributed by atoms with Crippen LogP contribution in [0.1, 0.15) is 34.3 Å². The van der Waals surface area contributed by atoms with E-state index < -0.39 is 5.97 Å². The van der Waals surface area contributed by atoms with E-state index in [0.29, 0.717) is 16.3 Å². The number of rotatable bonds is 5. The van der Waals surface area contributed by atoms with Crippen LogP contribution in [-0.4, -0.2) is 24.3 Å². The number of ketones is 1. The van der Waals surface area contributed by atoms with Gasteiger partial charge in [-0.1, -0.05) is 23.7 Å². The monoisotopic (exact) mass is 369 g/mol. The predicted octanol–water partition coefficient (Wildman–Crippen LogP) is 3.83. The number of Topliss-reactive ketones (excluding diaryl/α,β-unsaturated/α-hetero) is 1. The van der Waals surface area contributed by atoms with E-state index in [4.69, 9.17) is 16.3 Å². The zero-order chi connectivity index (χ0) is 18.7. The van der Waals surface area contributed by atoms with Crippen LogP contribution in [0.25, 0.3) is 6.08 Å². The minimum Gasteiger partial charge on any atom is -0.454 e. The molecule has 1 atom stereocenters. The minimum absolute atomic E-state index is 0.0952. The van der Waals surface area contributed by atoms with Crippen molar-refractivity contribution in [2.45, 2.75) is 12.8 Å². The summed E-state index contributed by atoms with van der Waals surface area (Å²) >= 11 is 5.87. The second-order valence-corrected chi connectivity index (χ2v) is 6.37. The molecule has 5 nitrogen and oxygen atoms in total. The number of carbonyl (C=O) groups is 3. The second kappa shape index (κ2) is 7.54. The van der Waals surface area contributed by atoms with Crippen molar-refractivity contribution in [2.24, 2.45) is 0 Å². The Morgan fingerprint density at radius 1 is 1.23 bits per heavy atom. The molecule has 0 aromatic heterocycles. The maximum Gasteiger partial charge on any atom is 0.331 e. The first-order valence-electron chi connectivity index (χ1n) is 8.02. The van der Waals surface area contributed by atoms with E-state index in [1.165, 1.54) is 6.08 Å². The van der Waals surface area contributed by atoms with Crippen LogP contribution >= 0.6 is 11.6 Å². The molecule has 0 bridgehead atoms. The van der Waals surface area contributed by atoms with E-state index in [-0.39, 0.29) is 24.2 Å². The van der Waals surface area contributed by atoms with Gasteiger partial charge in [0.05, 0.1) is 5.92 Å². The highest BCUT2D eigenvalue weighted by Gasteiger charge is 2.27. The lowest BCUT2D eigenvalue weighted by Gasteiger charge is -2.06. The predicted molar refractivity (Wildman–Crippen MR) is 99.3 cm³/mol. The minimum atomic E-state index is -0.621. The highest BCUT2D eigenvalue weighted by atomic mass is 35.5. The van der Waals surface area contributed by atoms with Crippen molar-refractivity contribution in [3.63, 3.8) is 0 Å². The normalized spacial score (nSPS) is 15.6. The van der Waals surface area contributed by atoms with Crippen LogP contribution in [0.4, 0.5) is 5.69 Å². The van der Waals surface area contributed by atoms with Crippen molar-refractivity contribution < 1.29 is 19.1 Å². The molecule has 132 valence electrons. The van der Waals surface area contributed by atoms with Gasteiger partial charge in [-0.25, -0.2) is 4.79 Å². The van der Waals surface area contributed by atoms with Gasteiger partial charge >= 0.3 is 5.97 Å². The van der Waals surface area contributed by atoms with Gasteiger partial charge in [0.15, 0.2) is 12.4 Å². The van der Waals surface area contributed by atoms with Gasteiger partial charge in [-0.05, 0) is 54.5 Å². The van der Waals surface area contributed by atoms with Crippen LogP contribution in [0.15, 0.2) is 48.5 Å². The van der Waals surface area contributed by atoms with E-state index in [1.54, 1.807) is 55.5 Å². The van der Waals surface area contributed by atoms with Crippen LogP contribution in [-0.2, 0) is 14.3 Å². The zero-order valence-electron chi connectivity index (χ0n) is 14.0. The summed E-state index contributed by atoms with van der Waals surface area (Å²) < 4.78 is 4.99. The van der Waals surface area contributed by atoms with E-state index in [1.807, 2.05) is 0 Å². The van der Waals surface area contributed by atoms with Gasteiger partial charge in [0.25, 0.3) is 0 Å². The Bertz CT molecular complexity index is 920. The summed E-state index contributed by atoms with van der Waals surface area (Å²) in [7, 11) is 0. The lowest BCUT2D eigenvalue weighted by molar-refractivity contribution is -0.136. The fraction of sp³-hybridized carbons (Fsp3) is 0.150. The molecule has 3 rings (SSSR count). The van der Waals surface area contributed by atoms with Gasteiger partial charge in [0, 0.05) is 22.3 Å². The Hall–Kier alpha value is -2.92. The quantitative estimate of drug-likeness (QED) is 0.494. The molecule has 0 fully saturated rings. The van der Waals surface area contributed by atoms with E-state index in [9.17, 15) is 14.4 Å². The van der Waals surface area contributed by atoms with Crippen molar-refractivity contribution in [1.29, 1.82) is 0 Å². The van der Waals surface area contributed by atoms with Crippen molar-refractivity contribution in [3.8, 4) is 0 Å². The summed E-state index contributed by atoms with van der Waals surface area (Å²) in [5.74, 6) is -1.35. The third-order valence-corrected chi connectivity index (χ3v) is 4.33. The maximum absolute atomic E-state index is 12.2. The molecule has 1 heterocycles. The van der Waals surface area contributed by atoms with Crippen LogP contribution in [0, 0.1) is 0 Å². The number of nitrogens with one attached hydrogen (secondary N) is 1. The molecule has 6 heteroatoms. The Morgan fingerprint density at radius 3 is 2.81 bits per heavy atom. The van der Waals surface area contributed by atoms with Gasteiger partial charge in [0.1, 0.15) is 0 Å². The Balaban J connectivity index is 1.59. The number of benzene rings is 2. The Kier molecular flexibility index (Phi) is 5.19. The van der Waals surface area contributed by atoms with E-state index in [2.05, 4.69) is 5.32 Å². The van der Waals surface area contributed by atoms with Crippen molar-refractivity contribution in [1.82, 2.24) is 0 Å². The van der Waals surface area contributed by atoms with Crippen LogP contribution < -0.4 is 5.32 Å². The van der Waals surface area contributed by atoms with Gasteiger partial charge in [-0.3, -0.25) is 9.59 Å². The largest absolute Gasteiger partial charge is 0.454 e. The van der Waals surface area contributed by atoms with Gasteiger partial charge in [-0.2, -0.15) is 0 Å². The summed E-state index contributed by atoms with van der Waals surface area (Å²) in [5.41, 5.74) is 2.64. The third-order valence-electron chi connectivity index (χ3n) is 4.10. The van der Waals surface area contributed by atoms with Crippen molar-refractivity contribution in [2.75, 3.05) is 11.9 Å². The first-order valence-corrected chi connectivity index (χ1v) is 8.40. The lowest BCUT2D eigenvalue weighted by Crippen LogP contribution is -2.13. The molecule has 1 amide bonds. The molecule has 1 aliphatic heterocycles. The topological polar surface area (TPSA) is 72.5 Å². The summed E-state index contributed by atoms with van der Waals surface area (Å²) in [6.45, 7) is 1.41. The molecule has 0 saturated carbocycles. The SMILES string of the molecule is C[C@H]1C(=O)Nc2ccc(C(=O)COC(=O)/C=C/c3cccc(Cl)c3)cc21. The van der Waals surface area contributed by atoms with Crippen LogP contribution in [0.5, 0.6) is 0 Å². The molecule has 0 unspecified atom stereocenters. The number of amides is 1. The zero-order valence-corrected chi connectivity index (χ0v) is 14.7. The van der Waals surface area contributed by atoms with E-state index >= 15 is 0 Å². The smallest absolute Gasteiger partial charge is 0.331 e. The molecule has 0 saturated heterocycles. The molecular weight excluding hydrogens is 354 g/mol. The third kappa shape index (κ3) is 4.00. The standard InChI is InChI=1S/C20H16ClNO4/c1-12-16-10-14(6-7-17(16)22-20(12)25)18(23)11-26-19(24)8-5-13-3-2-4-15(21)9-13/h2-10,12H,11H2,1H3,(H,22,25)/b8-5+/t12-/m1/s1. The summed E-state index contributed by atoms with van der Waals surface area (Å²) in [5, 5.41) is 3.31. The van der Waals surface area contributed by atoms with E-state index in [0.717, 1.165) is 11.1 Å². The van der Waals surface area contributed by atoms with Gasteiger partial charge in [-0.15, -0.1) is 0 Å². The number of halogens is 1. The highest BCUT2D eigenvalue weighted by molar-refractivity contribution is 6.30. The fourth-order valence-corrected chi connectivity index (χ4v) is 2.83. The maximum atomic E-state index is 12.2. The molecule has 2 aromatic carbocycles. The molecular formula is C20H16ClNO4. The van der Waals surface area contributed by atoms with Gasteiger partial charge in [0.2, 0.25) is 5.91 Å². The first kappa shape index (κ1) is 17.9. The van der Waals surface area contributed by atoms with Crippen molar-refractivity contribution >= 4 is 41.0 Å². The number of ether oxygens (including phenoxy) is 1. The summed E-state index contributed by atoms with van der Waals surface area (Å²) in [6.07, 6.45) is 2.80. The molecule has 0 radical (unpaired) electrons. The second-order valence-electron chi connectivity index (χ2n) is 5.93. The number of hydrogen-bond acceptors (Lipinski definition) is 4. The highest BCUT2D eigenvalue weighted by Crippen LogP contribution is 2.32. The average molecular weight is 370 g/mol. The first-order chi connectivity index (χ1) is 12.4. The Morgan fingerprint density at radius 2 is 2.04 bits per heavy atom. The molecule has 26 heavy (non-hydrogen) atoms.